The molecule has 4 heteroatoms. The molecule has 2 N–H and O–H groups in total. The van der Waals surface area contributed by atoms with E-state index in [2.05, 4.69) is 0 Å². The fourth-order valence-electron chi connectivity index (χ4n) is 3.25. The number of aliphatic hydroxyl groups is 1. The van der Waals surface area contributed by atoms with Crippen molar-refractivity contribution in [2.45, 2.75) is 25.5 Å². The Morgan fingerprint density at radius 2 is 1.96 bits per heavy atom. The van der Waals surface area contributed by atoms with Crippen LogP contribution in [0.2, 0.25) is 0 Å². The van der Waals surface area contributed by atoms with Crippen molar-refractivity contribution in [2.24, 2.45) is 5.92 Å². The van der Waals surface area contributed by atoms with Crippen LogP contribution in [0.1, 0.15) is 24.9 Å². The average Bonchev–Trinajstić information content (AvgIpc) is 3.00. The minimum absolute atomic E-state index is 0.292. The van der Waals surface area contributed by atoms with Crippen molar-refractivity contribution in [3.05, 3.63) is 72.2 Å². The zero-order valence-corrected chi connectivity index (χ0v) is 13.6. The number of hydrogen-bond acceptors (Lipinski definition) is 2. The van der Waals surface area contributed by atoms with Gasteiger partial charge >= 0.3 is 0 Å². The predicted molar refractivity (Wildman–Crippen MR) is 95.0 cm³/mol. The predicted octanol–water partition coefficient (Wildman–Crippen LogP) is 4.41. The largest absolute Gasteiger partial charge is 0.390 e. The summed E-state index contributed by atoms with van der Waals surface area (Å²) in [5, 5.41) is 19.6. The van der Waals surface area contributed by atoms with E-state index >= 15 is 0 Å². The summed E-state index contributed by atoms with van der Waals surface area (Å²) in [6, 6.07) is 15.8. The minimum Gasteiger partial charge on any atom is -0.390 e. The summed E-state index contributed by atoms with van der Waals surface area (Å²) in [6.07, 6.45) is 3.03. The van der Waals surface area contributed by atoms with Crippen LogP contribution in [0.25, 0.3) is 10.9 Å². The zero-order chi connectivity index (χ0) is 17.1. The Kier molecular flexibility index (Phi) is 4.76. The van der Waals surface area contributed by atoms with Gasteiger partial charge in [0, 0.05) is 23.8 Å². The molecule has 0 saturated heterocycles. The lowest BCUT2D eigenvalue weighted by atomic mass is 9.90. The van der Waals surface area contributed by atoms with Crippen LogP contribution < -0.4 is 0 Å². The van der Waals surface area contributed by atoms with Gasteiger partial charge in [-0.05, 0) is 41.6 Å². The molecule has 3 aromatic rings. The van der Waals surface area contributed by atoms with Gasteiger partial charge in [0.05, 0.1) is 12.1 Å². The molecule has 0 amide bonds. The maximum absolute atomic E-state index is 13.8. The van der Waals surface area contributed by atoms with Gasteiger partial charge < -0.3 is 15.1 Å². The molecule has 3 rings (SSSR count). The fourth-order valence-corrected chi connectivity index (χ4v) is 3.25. The Morgan fingerprint density at radius 1 is 1.17 bits per heavy atom. The standard InChI is InChI=1S/C20H21FN2O/c1-2-14(13-22)20(24)19(16-7-5-8-17(21)12-16)23-11-10-15-6-3-4-9-18(15)23/h3-14,19-20,22,24H,2H2,1H3/t14-,19?,20?/m0/s1. The molecule has 1 heterocycles. The number of aromatic nitrogens is 1. The molecule has 124 valence electrons. The number of benzene rings is 2. The Morgan fingerprint density at radius 3 is 2.67 bits per heavy atom. The molecule has 2 aromatic carbocycles. The van der Waals surface area contributed by atoms with E-state index in [1.807, 2.05) is 54.1 Å². The highest BCUT2D eigenvalue weighted by Crippen LogP contribution is 2.31. The first-order valence-corrected chi connectivity index (χ1v) is 8.15. The minimum atomic E-state index is -0.815. The third-order valence-corrected chi connectivity index (χ3v) is 4.57. The van der Waals surface area contributed by atoms with E-state index < -0.39 is 12.1 Å². The highest BCUT2D eigenvalue weighted by Gasteiger charge is 2.29. The summed E-state index contributed by atoms with van der Waals surface area (Å²) < 4.78 is 15.7. The maximum atomic E-state index is 13.8. The third-order valence-electron chi connectivity index (χ3n) is 4.57. The molecule has 3 nitrogen and oxygen atoms in total. The van der Waals surface area contributed by atoms with Crippen molar-refractivity contribution >= 4 is 17.1 Å². The molecule has 0 spiro atoms. The number of rotatable bonds is 6. The highest BCUT2D eigenvalue weighted by atomic mass is 19.1. The number of para-hydroxylation sites is 1. The molecule has 0 bridgehead atoms. The van der Waals surface area contributed by atoms with Gasteiger partial charge in [-0.1, -0.05) is 37.3 Å². The molecule has 0 fully saturated rings. The van der Waals surface area contributed by atoms with Crippen molar-refractivity contribution in [3.8, 4) is 0 Å². The average molecular weight is 324 g/mol. The Bertz CT molecular complexity index is 842. The molecule has 0 aliphatic carbocycles. The normalized spacial score (nSPS) is 15.1. The second-order valence-corrected chi connectivity index (χ2v) is 6.01. The van der Waals surface area contributed by atoms with Crippen LogP contribution in [-0.4, -0.2) is 22.0 Å². The first kappa shape index (κ1) is 16.4. The molecule has 0 aliphatic heterocycles. The van der Waals surface area contributed by atoms with Crippen LogP contribution >= 0.6 is 0 Å². The Hall–Kier alpha value is -2.46. The van der Waals surface area contributed by atoms with E-state index in [1.54, 1.807) is 6.07 Å². The van der Waals surface area contributed by atoms with Crippen LogP contribution in [-0.2, 0) is 0 Å². The molecule has 0 radical (unpaired) electrons. The van der Waals surface area contributed by atoms with Gasteiger partial charge in [-0.3, -0.25) is 0 Å². The highest BCUT2D eigenvalue weighted by molar-refractivity contribution is 5.80. The van der Waals surface area contributed by atoms with Crippen LogP contribution in [0, 0.1) is 17.1 Å². The number of hydrogen-bond donors (Lipinski definition) is 2. The van der Waals surface area contributed by atoms with Crippen LogP contribution in [0.15, 0.2) is 60.8 Å². The lowest BCUT2D eigenvalue weighted by molar-refractivity contribution is 0.0981. The molecule has 0 aliphatic rings. The molecular weight excluding hydrogens is 303 g/mol. The Labute approximate surface area is 140 Å². The van der Waals surface area contributed by atoms with Gasteiger partial charge in [0.15, 0.2) is 0 Å². The summed E-state index contributed by atoms with van der Waals surface area (Å²) in [5.41, 5.74) is 1.68. The fraction of sp³-hybridized carbons (Fsp3) is 0.250. The van der Waals surface area contributed by atoms with Crippen LogP contribution in [0.4, 0.5) is 4.39 Å². The van der Waals surface area contributed by atoms with E-state index in [4.69, 9.17) is 5.41 Å². The summed E-state index contributed by atoms with van der Waals surface area (Å²) in [4.78, 5) is 0. The van der Waals surface area contributed by atoms with E-state index in [9.17, 15) is 9.50 Å². The monoisotopic (exact) mass is 324 g/mol. The molecule has 2 unspecified atom stereocenters. The number of nitrogens with one attached hydrogen (secondary N) is 1. The second kappa shape index (κ2) is 6.97. The number of nitrogens with zero attached hydrogens (tertiary/aromatic N) is 1. The van der Waals surface area contributed by atoms with Gasteiger partial charge in [-0.15, -0.1) is 0 Å². The van der Waals surface area contributed by atoms with Crippen molar-refractivity contribution in [1.29, 1.82) is 5.41 Å². The molecule has 0 saturated carbocycles. The summed E-state index contributed by atoms with van der Waals surface area (Å²) in [5.74, 6) is -0.622. The quantitative estimate of drug-likeness (QED) is 0.648. The lowest BCUT2D eigenvalue weighted by Crippen LogP contribution is -2.32. The first-order chi connectivity index (χ1) is 11.7. The summed E-state index contributed by atoms with van der Waals surface area (Å²) >= 11 is 0. The van der Waals surface area contributed by atoms with Gasteiger partial charge in [0.1, 0.15) is 5.82 Å². The van der Waals surface area contributed by atoms with Crippen LogP contribution in [0.5, 0.6) is 0 Å². The SMILES string of the molecule is CC[C@@H](C=N)C(O)C(c1cccc(F)c1)n1ccc2ccccc21. The maximum Gasteiger partial charge on any atom is 0.123 e. The van der Waals surface area contributed by atoms with E-state index in [1.165, 1.54) is 18.3 Å². The van der Waals surface area contributed by atoms with E-state index in [0.717, 1.165) is 10.9 Å². The van der Waals surface area contributed by atoms with Crippen LogP contribution in [0.3, 0.4) is 0 Å². The molecule has 1 aromatic heterocycles. The first-order valence-electron chi connectivity index (χ1n) is 8.15. The summed E-state index contributed by atoms with van der Waals surface area (Å²) in [6.45, 7) is 1.94. The Balaban J connectivity index is 2.16. The van der Waals surface area contributed by atoms with Gasteiger partial charge in [-0.25, -0.2) is 4.39 Å². The second-order valence-electron chi connectivity index (χ2n) is 6.01. The number of fused-ring (bicyclic) bond motifs is 1. The number of aliphatic hydroxyl groups excluding tert-OH is 1. The van der Waals surface area contributed by atoms with Crippen molar-refractivity contribution in [1.82, 2.24) is 4.57 Å². The molecule has 3 atom stereocenters. The van der Waals surface area contributed by atoms with E-state index in [0.29, 0.717) is 12.0 Å². The zero-order valence-electron chi connectivity index (χ0n) is 13.6. The third kappa shape index (κ3) is 2.97. The number of halogens is 1. The van der Waals surface area contributed by atoms with Gasteiger partial charge in [0.2, 0.25) is 0 Å². The smallest absolute Gasteiger partial charge is 0.123 e. The molecular formula is C20H21FN2O. The topological polar surface area (TPSA) is 49.0 Å². The van der Waals surface area contributed by atoms with E-state index in [-0.39, 0.29) is 11.7 Å². The van der Waals surface area contributed by atoms with Gasteiger partial charge in [-0.2, -0.15) is 0 Å². The summed E-state index contributed by atoms with van der Waals surface area (Å²) in [7, 11) is 0. The molecule has 24 heavy (non-hydrogen) atoms. The van der Waals surface area contributed by atoms with Crippen molar-refractivity contribution in [2.75, 3.05) is 0 Å². The van der Waals surface area contributed by atoms with Crippen molar-refractivity contribution < 1.29 is 9.50 Å². The lowest BCUT2D eigenvalue weighted by Gasteiger charge is -2.29. The van der Waals surface area contributed by atoms with Gasteiger partial charge in [0.25, 0.3) is 0 Å². The van der Waals surface area contributed by atoms with Crippen molar-refractivity contribution in [3.63, 3.8) is 0 Å².